The van der Waals surface area contributed by atoms with Gasteiger partial charge in [-0.15, -0.1) is 36.2 Å². The number of nitrogens with one attached hydrogen (secondary N) is 1. The molecule has 1 aromatic heterocycles. The molecule has 3 N–H and O–H groups in total. The van der Waals surface area contributed by atoms with E-state index in [1.807, 2.05) is 0 Å². The monoisotopic (exact) mass is 455 g/mol. The van der Waals surface area contributed by atoms with Gasteiger partial charge in [0.15, 0.2) is 0 Å². The molecule has 3 rings (SSSR count). The number of nitrogens with two attached hydrogens (primary N) is 1. The lowest BCUT2D eigenvalue weighted by Gasteiger charge is -2.19. The minimum absolute atomic E-state index is 0. The van der Waals surface area contributed by atoms with E-state index < -0.39 is 11.7 Å². The van der Waals surface area contributed by atoms with Gasteiger partial charge in [0.1, 0.15) is 5.01 Å². The fourth-order valence-corrected chi connectivity index (χ4v) is 4.10. The highest BCUT2D eigenvalue weighted by Gasteiger charge is 2.31. The zero-order valence-corrected chi connectivity index (χ0v) is 17.3. The van der Waals surface area contributed by atoms with Crippen molar-refractivity contribution in [3.05, 3.63) is 40.9 Å². The summed E-state index contributed by atoms with van der Waals surface area (Å²) in [6.07, 6.45) is -1.26. The Hall–Kier alpha value is -1.35. The maximum absolute atomic E-state index is 12.8. The maximum atomic E-state index is 12.8. The lowest BCUT2D eigenvalue weighted by Crippen LogP contribution is -2.40. The average Bonchev–Trinajstić information content (AvgIpc) is 3.23. The molecule has 2 aromatic rings. The number of thiazole rings is 1. The Bertz CT molecular complexity index is 785. The van der Waals surface area contributed by atoms with Gasteiger partial charge in [0.25, 0.3) is 0 Å². The first-order valence-electron chi connectivity index (χ1n) is 8.48. The zero-order valence-electron chi connectivity index (χ0n) is 14.9. The van der Waals surface area contributed by atoms with Gasteiger partial charge in [-0.25, -0.2) is 4.98 Å². The van der Waals surface area contributed by atoms with E-state index in [0.717, 1.165) is 31.4 Å². The molecule has 0 bridgehead atoms. The highest BCUT2D eigenvalue weighted by atomic mass is 35.5. The maximum Gasteiger partial charge on any atom is 0.416 e. The minimum atomic E-state index is -4.39. The van der Waals surface area contributed by atoms with Crippen LogP contribution in [0.25, 0.3) is 10.6 Å². The second-order valence-electron chi connectivity index (χ2n) is 6.50. The molecule has 1 fully saturated rings. The van der Waals surface area contributed by atoms with Gasteiger partial charge < -0.3 is 11.1 Å². The standard InChI is InChI=1S/C18H20F3N3OS.2ClH/c19-18(20,21)13-5-1-3-11(7-13)17-23-14(10-26-17)8-16(25)24-15-6-2-4-12(15)9-22;;/h1,3,5,7,10,12,15H,2,4,6,8-9,22H2,(H,24,25);2*1H. The van der Waals surface area contributed by atoms with Crippen molar-refractivity contribution < 1.29 is 18.0 Å². The lowest BCUT2D eigenvalue weighted by molar-refractivity contribution is -0.137. The van der Waals surface area contributed by atoms with E-state index >= 15 is 0 Å². The third kappa shape index (κ3) is 6.07. The smallest absolute Gasteiger partial charge is 0.353 e. The van der Waals surface area contributed by atoms with Gasteiger partial charge in [0, 0.05) is 17.0 Å². The van der Waals surface area contributed by atoms with Crippen molar-refractivity contribution in [3.8, 4) is 10.6 Å². The molecule has 0 spiro atoms. The number of nitrogens with zero attached hydrogens (tertiary/aromatic N) is 1. The SMILES string of the molecule is Cl.Cl.NCC1CCCC1NC(=O)Cc1csc(-c2cccc(C(F)(F)F)c2)n1. The van der Waals surface area contributed by atoms with E-state index in [2.05, 4.69) is 10.3 Å². The first kappa shape index (κ1) is 24.7. The number of hydrogen-bond acceptors (Lipinski definition) is 4. The van der Waals surface area contributed by atoms with Crippen LogP contribution in [0.2, 0.25) is 0 Å². The average molecular weight is 456 g/mol. The van der Waals surface area contributed by atoms with Crippen LogP contribution in [0.4, 0.5) is 13.2 Å². The predicted octanol–water partition coefficient (Wildman–Crippen LogP) is 4.46. The van der Waals surface area contributed by atoms with Gasteiger partial charge in [-0.05, 0) is 37.4 Å². The number of carbonyl (C=O) groups is 1. The zero-order chi connectivity index (χ0) is 18.7. The van der Waals surface area contributed by atoms with Crippen molar-refractivity contribution in [3.63, 3.8) is 0 Å². The van der Waals surface area contributed by atoms with Gasteiger partial charge in [0.2, 0.25) is 5.91 Å². The number of alkyl halides is 3. The number of carbonyl (C=O) groups excluding carboxylic acids is 1. The molecule has 1 aliphatic carbocycles. The number of rotatable bonds is 5. The lowest BCUT2D eigenvalue weighted by atomic mass is 10.0. The van der Waals surface area contributed by atoms with E-state index in [1.54, 1.807) is 11.4 Å². The van der Waals surface area contributed by atoms with E-state index in [4.69, 9.17) is 5.73 Å². The predicted molar refractivity (Wildman–Crippen MR) is 109 cm³/mol. The molecule has 1 aliphatic rings. The molecule has 0 saturated heterocycles. The Balaban J connectivity index is 0.00000196. The number of aromatic nitrogens is 1. The Morgan fingerprint density at radius 3 is 2.71 bits per heavy atom. The summed E-state index contributed by atoms with van der Waals surface area (Å²) in [6.45, 7) is 0.557. The summed E-state index contributed by atoms with van der Waals surface area (Å²) < 4.78 is 38.5. The van der Waals surface area contributed by atoms with E-state index in [1.165, 1.54) is 17.4 Å². The van der Waals surface area contributed by atoms with Crippen molar-refractivity contribution in [1.82, 2.24) is 10.3 Å². The molecule has 156 valence electrons. The van der Waals surface area contributed by atoms with Crippen LogP contribution in [0, 0.1) is 5.92 Å². The highest BCUT2D eigenvalue weighted by molar-refractivity contribution is 7.13. The Labute approximate surface area is 177 Å². The third-order valence-electron chi connectivity index (χ3n) is 4.64. The number of benzene rings is 1. The molecule has 10 heteroatoms. The molecule has 0 aliphatic heterocycles. The van der Waals surface area contributed by atoms with Crippen molar-refractivity contribution in [1.29, 1.82) is 0 Å². The van der Waals surface area contributed by atoms with E-state index in [-0.39, 0.29) is 43.2 Å². The van der Waals surface area contributed by atoms with Gasteiger partial charge in [-0.2, -0.15) is 13.2 Å². The second-order valence-corrected chi connectivity index (χ2v) is 7.36. The molecule has 1 aromatic carbocycles. The van der Waals surface area contributed by atoms with Crippen LogP contribution in [0.15, 0.2) is 29.6 Å². The summed E-state index contributed by atoms with van der Waals surface area (Å²) in [6, 6.07) is 5.16. The number of hydrogen-bond donors (Lipinski definition) is 2. The second kappa shape index (κ2) is 10.4. The van der Waals surface area contributed by atoms with Crippen molar-refractivity contribution in [2.75, 3.05) is 6.54 Å². The molecule has 2 unspecified atom stereocenters. The van der Waals surface area contributed by atoms with Crippen LogP contribution in [-0.4, -0.2) is 23.5 Å². The largest absolute Gasteiger partial charge is 0.416 e. The molecule has 0 radical (unpaired) electrons. The molecule has 1 heterocycles. The summed E-state index contributed by atoms with van der Waals surface area (Å²) >= 11 is 1.23. The van der Waals surface area contributed by atoms with Crippen molar-refractivity contribution >= 4 is 42.1 Å². The highest BCUT2D eigenvalue weighted by Crippen LogP contribution is 2.33. The van der Waals surface area contributed by atoms with Crippen molar-refractivity contribution in [2.45, 2.75) is 37.9 Å². The van der Waals surface area contributed by atoms with Crippen LogP contribution in [0.3, 0.4) is 0 Å². The van der Waals surface area contributed by atoms with E-state index in [0.29, 0.717) is 28.7 Å². The quantitative estimate of drug-likeness (QED) is 0.698. The van der Waals surface area contributed by atoms with Gasteiger partial charge in [-0.3, -0.25) is 4.79 Å². The Morgan fingerprint density at radius 2 is 2.04 bits per heavy atom. The molecule has 4 nitrogen and oxygen atoms in total. The Kier molecular flexibility index (Phi) is 9.20. The number of amides is 1. The third-order valence-corrected chi connectivity index (χ3v) is 5.58. The van der Waals surface area contributed by atoms with Crippen LogP contribution in [0.1, 0.15) is 30.5 Å². The van der Waals surface area contributed by atoms with Gasteiger partial charge in [0.05, 0.1) is 17.7 Å². The van der Waals surface area contributed by atoms with Crippen LogP contribution in [0.5, 0.6) is 0 Å². The molecule has 1 saturated carbocycles. The Morgan fingerprint density at radius 1 is 1.29 bits per heavy atom. The van der Waals surface area contributed by atoms with Crippen molar-refractivity contribution in [2.24, 2.45) is 11.7 Å². The fraction of sp³-hybridized carbons (Fsp3) is 0.444. The van der Waals surface area contributed by atoms with Crippen LogP contribution >= 0.6 is 36.2 Å². The molecule has 1 amide bonds. The summed E-state index contributed by atoms with van der Waals surface area (Å²) in [4.78, 5) is 16.5. The summed E-state index contributed by atoms with van der Waals surface area (Å²) in [5.41, 5.74) is 5.97. The van der Waals surface area contributed by atoms with E-state index in [9.17, 15) is 18.0 Å². The molecule has 28 heavy (non-hydrogen) atoms. The van der Waals surface area contributed by atoms with Gasteiger partial charge >= 0.3 is 6.18 Å². The minimum Gasteiger partial charge on any atom is -0.353 e. The fourth-order valence-electron chi connectivity index (χ4n) is 3.28. The molecular formula is C18H22Cl2F3N3OS. The summed E-state index contributed by atoms with van der Waals surface area (Å²) in [5, 5.41) is 5.19. The summed E-state index contributed by atoms with van der Waals surface area (Å²) in [7, 11) is 0. The molecule has 2 atom stereocenters. The molecular weight excluding hydrogens is 434 g/mol. The number of halogens is 5. The van der Waals surface area contributed by atoms with Crippen LogP contribution in [-0.2, 0) is 17.4 Å². The van der Waals surface area contributed by atoms with Crippen LogP contribution < -0.4 is 11.1 Å². The first-order chi connectivity index (χ1) is 12.4. The van der Waals surface area contributed by atoms with Gasteiger partial charge in [-0.1, -0.05) is 18.6 Å². The normalized spacial score (nSPS) is 18.9. The first-order valence-corrected chi connectivity index (χ1v) is 9.36. The topological polar surface area (TPSA) is 68.0 Å². The summed E-state index contributed by atoms with van der Waals surface area (Å²) in [5.74, 6) is 0.186.